The highest BCUT2D eigenvalue weighted by Gasteiger charge is 2.38. The van der Waals surface area contributed by atoms with E-state index in [0.717, 1.165) is 55.1 Å². The summed E-state index contributed by atoms with van der Waals surface area (Å²) in [6.45, 7) is 4.55. The van der Waals surface area contributed by atoms with Gasteiger partial charge in [0.05, 0.1) is 0 Å². The van der Waals surface area contributed by atoms with Gasteiger partial charge in [-0.15, -0.1) is 0 Å². The van der Waals surface area contributed by atoms with E-state index in [-0.39, 0.29) is 17.6 Å². The highest BCUT2D eigenvalue weighted by atomic mass is 19.1. The molecule has 0 radical (unpaired) electrons. The van der Waals surface area contributed by atoms with Crippen LogP contribution in [0.5, 0.6) is 0 Å². The van der Waals surface area contributed by atoms with Crippen LogP contribution in [-0.4, -0.2) is 0 Å². The van der Waals surface area contributed by atoms with Crippen molar-refractivity contribution in [2.24, 2.45) is 23.7 Å². The van der Waals surface area contributed by atoms with Crippen LogP contribution in [0.15, 0.2) is 6.07 Å². The Morgan fingerprint density at radius 2 is 1.67 bits per heavy atom. The van der Waals surface area contributed by atoms with Gasteiger partial charge in [0, 0.05) is 5.56 Å². The second-order valence-electron chi connectivity index (χ2n) is 10.8. The van der Waals surface area contributed by atoms with Gasteiger partial charge in [0.25, 0.3) is 0 Å². The molecular weight excluding hydrogens is 374 g/mol. The molecule has 5 unspecified atom stereocenters. The largest absolute Gasteiger partial charge is 0.207 e. The maximum Gasteiger partial charge on any atom is 0.133 e. The summed E-state index contributed by atoms with van der Waals surface area (Å²) in [6.07, 6.45) is 17.5. The number of halogens is 2. The molecule has 0 N–H and O–H groups in total. The average molecular weight is 417 g/mol. The zero-order valence-electron chi connectivity index (χ0n) is 19.3. The van der Waals surface area contributed by atoms with Gasteiger partial charge in [-0.3, -0.25) is 0 Å². The Balaban J connectivity index is 1.44. The summed E-state index contributed by atoms with van der Waals surface area (Å²) in [7, 11) is 0. The molecule has 2 heteroatoms. The third-order valence-electron chi connectivity index (χ3n) is 8.93. The predicted octanol–water partition coefficient (Wildman–Crippen LogP) is 8.75. The highest BCUT2D eigenvalue weighted by Crippen LogP contribution is 2.49. The Labute approximate surface area is 183 Å². The Hall–Kier alpha value is -0.920. The lowest BCUT2D eigenvalue weighted by atomic mass is 9.63. The van der Waals surface area contributed by atoms with Crippen molar-refractivity contribution in [2.75, 3.05) is 0 Å². The summed E-state index contributed by atoms with van der Waals surface area (Å²) in [4.78, 5) is 0. The third-order valence-corrected chi connectivity index (χ3v) is 8.93. The van der Waals surface area contributed by atoms with E-state index in [1.165, 1.54) is 64.2 Å². The molecule has 5 atom stereocenters. The van der Waals surface area contributed by atoms with E-state index in [1.54, 1.807) is 6.07 Å². The molecule has 0 saturated heterocycles. The van der Waals surface area contributed by atoms with Crippen LogP contribution in [0.3, 0.4) is 0 Å². The molecule has 0 spiro atoms. The zero-order valence-corrected chi connectivity index (χ0v) is 19.3. The van der Waals surface area contributed by atoms with E-state index in [2.05, 4.69) is 13.8 Å². The number of fused-ring (bicyclic) bond motifs is 2. The van der Waals surface area contributed by atoms with Gasteiger partial charge < -0.3 is 0 Å². The fraction of sp³-hybridized carbons (Fsp3) is 0.786. The maximum absolute atomic E-state index is 15.6. The van der Waals surface area contributed by atoms with Crippen LogP contribution >= 0.6 is 0 Å². The summed E-state index contributed by atoms with van der Waals surface area (Å²) in [5.41, 5.74) is 2.27. The topological polar surface area (TPSA) is 0 Å². The molecule has 168 valence electrons. The Morgan fingerprint density at radius 1 is 0.867 bits per heavy atom. The van der Waals surface area contributed by atoms with Gasteiger partial charge in [-0.25, -0.2) is 8.78 Å². The van der Waals surface area contributed by atoms with Crippen LogP contribution in [0.1, 0.15) is 120 Å². The van der Waals surface area contributed by atoms with Crippen LogP contribution in [0.25, 0.3) is 0 Å². The molecule has 2 saturated carbocycles. The van der Waals surface area contributed by atoms with Crippen LogP contribution in [0.4, 0.5) is 8.78 Å². The lowest BCUT2D eigenvalue weighted by molar-refractivity contribution is 0.114. The van der Waals surface area contributed by atoms with Crippen molar-refractivity contribution in [3.8, 4) is 0 Å². The van der Waals surface area contributed by atoms with Crippen molar-refractivity contribution in [3.63, 3.8) is 0 Å². The van der Waals surface area contributed by atoms with Gasteiger partial charge in [0.15, 0.2) is 0 Å². The normalized spacial score (nSPS) is 31.3. The summed E-state index contributed by atoms with van der Waals surface area (Å²) in [5, 5.41) is 0. The van der Waals surface area contributed by atoms with Crippen molar-refractivity contribution in [1.82, 2.24) is 0 Å². The number of hydrogen-bond donors (Lipinski definition) is 0. The van der Waals surface area contributed by atoms with Gasteiger partial charge in [-0.2, -0.15) is 0 Å². The first-order valence-corrected chi connectivity index (χ1v) is 13.1. The molecule has 3 aliphatic rings. The minimum atomic E-state index is -0.247. The minimum Gasteiger partial charge on any atom is -0.207 e. The van der Waals surface area contributed by atoms with Crippen molar-refractivity contribution < 1.29 is 8.78 Å². The molecule has 1 aromatic rings. The summed E-state index contributed by atoms with van der Waals surface area (Å²) in [6, 6.07) is 1.73. The molecule has 30 heavy (non-hydrogen) atoms. The first-order chi connectivity index (χ1) is 14.6. The van der Waals surface area contributed by atoms with Gasteiger partial charge >= 0.3 is 0 Å². The molecule has 1 aromatic carbocycles. The quantitative estimate of drug-likeness (QED) is 0.390. The molecule has 0 amide bonds. The second kappa shape index (κ2) is 10.1. The first-order valence-electron chi connectivity index (χ1n) is 13.1. The van der Waals surface area contributed by atoms with E-state index in [9.17, 15) is 0 Å². The van der Waals surface area contributed by atoms with E-state index >= 15 is 8.78 Å². The Bertz CT molecular complexity index is 709. The van der Waals surface area contributed by atoms with Crippen LogP contribution in [0.2, 0.25) is 0 Å². The molecule has 0 aromatic heterocycles. The summed E-state index contributed by atoms with van der Waals surface area (Å²) < 4.78 is 30.8. The monoisotopic (exact) mass is 416 g/mol. The molecule has 3 aliphatic carbocycles. The number of unbranched alkanes of at least 4 members (excludes halogenated alkanes) is 3. The van der Waals surface area contributed by atoms with E-state index < -0.39 is 0 Å². The Kier molecular flexibility index (Phi) is 7.53. The third kappa shape index (κ3) is 4.78. The van der Waals surface area contributed by atoms with Crippen LogP contribution < -0.4 is 0 Å². The smallest absolute Gasteiger partial charge is 0.133 e. The molecular formula is C28H42F2. The SMILES string of the molecule is CCCCCCC1CCc2c(cc(F)c(C3CCC4CC(CC)CCC4C3)c2F)C1. The molecule has 0 nitrogen and oxygen atoms in total. The van der Waals surface area contributed by atoms with Gasteiger partial charge in [0.2, 0.25) is 0 Å². The minimum absolute atomic E-state index is 0.0986. The van der Waals surface area contributed by atoms with Gasteiger partial charge in [-0.05, 0) is 98.1 Å². The second-order valence-corrected chi connectivity index (χ2v) is 10.8. The number of rotatable bonds is 7. The van der Waals surface area contributed by atoms with Gasteiger partial charge in [-0.1, -0.05) is 58.8 Å². The van der Waals surface area contributed by atoms with E-state index in [4.69, 9.17) is 0 Å². The van der Waals surface area contributed by atoms with Crippen molar-refractivity contribution in [1.29, 1.82) is 0 Å². The van der Waals surface area contributed by atoms with E-state index in [1.807, 2.05) is 0 Å². The molecule has 2 fully saturated rings. The molecule has 0 aliphatic heterocycles. The van der Waals surface area contributed by atoms with Crippen molar-refractivity contribution >= 4 is 0 Å². The first kappa shape index (κ1) is 22.3. The number of benzene rings is 1. The Morgan fingerprint density at radius 3 is 2.47 bits per heavy atom. The summed E-state index contributed by atoms with van der Waals surface area (Å²) >= 11 is 0. The average Bonchev–Trinajstić information content (AvgIpc) is 2.76. The van der Waals surface area contributed by atoms with Crippen LogP contribution in [0, 0.1) is 35.3 Å². The summed E-state index contributed by atoms with van der Waals surface area (Å²) in [5.74, 6) is 2.68. The maximum atomic E-state index is 15.6. The number of hydrogen-bond acceptors (Lipinski definition) is 0. The highest BCUT2D eigenvalue weighted by molar-refractivity contribution is 5.39. The standard InChI is InChI=1S/C28H42F2/c1-3-5-6-7-8-20-10-14-25-24(16-20)18-26(29)27(28(25)30)23-13-12-21-15-19(4-2)9-11-22(21)17-23/h18-23H,3-17H2,1-2H3. The molecule has 0 bridgehead atoms. The zero-order chi connectivity index (χ0) is 21.1. The lowest BCUT2D eigenvalue weighted by Crippen LogP contribution is -2.31. The van der Waals surface area contributed by atoms with Crippen molar-refractivity contribution in [2.45, 2.75) is 116 Å². The van der Waals surface area contributed by atoms with Crippen molar-refractivity contribution in [3.05, 3.63) is 34.4 Å². The van der Waals surface area contributed by atoms with Gasteiger partial charge in [0.1, 0.15) is 11.6 Å². The fourth-order valence-electron chi connectivity index (χ4n) is 7.04. The fourth-order valence-corrected chi connectivity index (χ4v) is 7.04. The predicted molar refractivity (Wildman–Crippen MR) is 122 cm³/mol. The van der Waals surface area contributed by atoms with E-state index in [0.29, 0.717) is 17.4 Å². The molecule has 4 rings (SSSR count). The van der Waals surface area contributed by atoms with Crippen LogP contribution in [-0.2, 0) is 12.8 Å². The lowest BCUT2D eigenvalue weighted by Gasteiger charge is -2.42. The molecule has 0 heterocycles.